The minimum absolute atomic E-state index is 0.199. The van der Waals surface area contributed by atoms with Crippen LogP contribution in [0.25, 0.3) is 0 Å². The van der Waals surface area contributed by atoms with Crippen LogP contribution in [-0.4, -0.2) is 11.0 Å². The van der Waals surface area contributed by atoms with E-state index in [0.717, 1.165) is 19.3 Å². The van der Waals surface area contributed by atoms with E-state index in [9.17, 15) is 4.20 Å². The minimum atomic E-state index is -4.00. The van der Waals surface area contributed by atoms with E-state index in [-0.39, 0.29) is 6.10 Å². The first-order valence-corrected chi connectivity index (χ1v) is 8.07. The molecular weight excluding hydrogens is 234 g/mol. The van der Waals surface area contributed by atoms with Crippen LogP contribution in [0.2, 0.25) is 0 Å². The predicted molar refractivity (Wildman–Crippen MR) is 63.8 cm³/mol. The summed E-state index contributed by atoms with van der Waals surface area (Å²) in [5, 5.41) is 0. The Hall–Kier alpha value is 0.500. The average molecular weight is 254 g/mol. The first-order valence-electron chi connectivity index (χ1n) is 5.50. The SMILES string of the molecule is CC(C)[C@@H]1CC[C@@H](C)C[C@H]1OP(O)(F)=S. The molecule has 1 unspecified atom stereocenters. The van der Waals surface area contributed by atoms with E-state index in [1.54, 1.807) is 0 Å². The van der Waals surface area contributed by atoms with E-state index >= 15 is 0 Å². The van der Waals surface area contributed by atoms with Crippen molar-refractivity contribution in [1.82, 2.24) is 0 Å². The van der Waals surface area contributed by atoms with Gasteiger partial charge in [0.05, 0.1) is 6.10 Å². The molecule has 0 amide bonds. The first kappa shape index (κ1) is 13.6. The topological polar surface area (TPSA) is 29.5 Å². The van der Waals surface area contributed by atoms with Crippen LogP contribution in [0.4, 0.5) is 4.20 Å². The van der Waals surface area contributed by atoms with Crippen molar-refractivity contribution < 1.29 is 13.6 Å². The van der Waals surface area contributed by atoms with Crippen LogP contribution in [0.5, 0.6) is 0 Å². The summed E-state index contributed by atoms with van der Waals surface area (Å²) in [6.45, 7) is 2.34. The highest BCUT2D eigenvalue weighted by Crippen LogP contribution is 2.49. The summed E-state index contributed by atoms with van der Waals surface area (Å²) < 4.78 is 18.0. The van der Waals surface area contributed by atoms with Crippen LogP contribution in [-0.2, 0) is 16.3 Å². The van der Waals surface area contributed by atoms with Gasteiger partial charge in [-0.1, -0.05) is 27.2 Å². The molecule has 0 bridgehead atoms. The highest BCUT2D eigenvalue weighted by Gasteiger charge is 2.34. The third-order valence-electron chi connectivity index (χ3n) is 3.23. The van der Waals surface area contributed by atoms with Gasteiger partial charge in [-0.3, -0.25) is 0 Å². The second-order valence-corrected chi connectivity index (χ2v) is 7.39. The van der Waals surface area contributed by atoms with E-state index in [2.05, 4.69) is 32.6 Å². The molecule has 1 saturated carbocycles. The van der Waals surface area contributed by atoms with Gasteiger partial charge >= 0.3 is 6.80 Å². The van der Waals surface area contributed by atoms with Crippen LogP contribution in [0.1, 0.15) is 40.0 Å². The largest absolute Gasteiger partial charge is 0.363 e. The van der Waals surface area contributed by atoms with Gasteiger partial charge in [-0.2, -0.15) is 4.20 Å². The fraction of sp³-hybridized carbons (Fsp3) is 1.00. The third-order valence-corrected chi connectivity index (χ3v) is 4.02. The van der Waals surface area contributed by atoms with Crippen molar-refractivity contribution in [3.63, 3.8) is 0 Å². The first-order chi connectivity index (χ1) is 6.79. The van der Waals surface area contributed by atoms with Crippen LogP contribution >= 0.6 is 6.80 Å². The number of rotatable bonds is 3. The molecule has 5 heteroatoms. The van der Waals surface area contributed by atoms with Gasteiger partial charge in [0.25, 0.3) is 0 Å². The predicted octanol–water partition coefficient (Wildman–Crippen LogP) is 3.65. The molecule has 1 rings (SSSR count). The summed E-state index contributed by atoms with van der Waals surface area (Å²) in [7, 11) is 0. The van der Waals surface area contributed by atoms with Gasteiger partial charge in [-0.15, -0.1) is 0 Å². The van der Waals surface area contributed by atoms with Gasteiger partial charge in [0, 0.05) is 0 Å². The summed E-state index contributed by atoms with van der Waals surface area (Å²) in [4.78, 5) is 8.99. The lowest BCUT2D eigenvalue weighted by Gasteiger charge is -2.37. The molecule has 0 aromatic rings. The second kappa shape index (κ2) is 5.22. The lowest BCUT2D eigenvalue weighted by molar-refractivity contribution is 0.0408. The number of hydrogen-bond donors (Lipinski definition) is 1. The van der Waals surface area contributed by atoms with Crippen LogP contribution in [0, 0.1) is 17.8 Å². The molecule has 0 radical (unpaired) electrons. The van der Waals surface area contributed by atoms with E-state index < -0.39 is 6.80 Å². The van der Waals surface area contributed by atoms with Crippen molar-refractivity contribution in [3.05, 3.63) is 0 Å². The highest BCUT2D eigenvalue weighted by atomic mass is 32.5. The van der Waals surface area contributed by atoms with Crippen molar-refractivity contribution in [3.8, 4) is 0 Å². The second-order valence-electron chi connectivity index (χ2n) is 4.92. The third kappa shape index (κ3) is 4.48. The number of hydrogen-bond acceptors (Lipinski definition) is 2. The Morgan fingerprint density at radius 2 is 2.07 bits per heavy atom. The Kier molecular flexibility index (Phi) is 4.72. The molecule has 15 heavy (non-hydrogen) atoms. The van der Waals surface area contributed by atoms with E-state index in [1.807, 2.05) is 0 Å². The summed E-state index contributed by atoms with van der Waals surface area (Å²) in [5.74, 6) is 1.31. The standard InChI is InChI=1S/C10H20FO2PS/c1-7(2)9-5-4-8(3)6-10(9)13-14(11,12)15/h7-10H,4-6H2,1-3H3,(H,12,15)/t8-,9+,10-,14?/m1/s1. The summed E-state index contributed by atoms with van der Waals surface area (Å²) >= 11 is 4.32. The average Bonchev–Trinajstić information content (AvgIpc) is 1.99. The molecule has 4 atom stereocenters. The van der Waals surface area contributed by atoms with Gasteiger partial charge in [0.1, 0.15) is 0 Å². The highest BCUT2D eigenvalue weighted by molar-refractivity contribution is 8.06. The Labute approximate surface area is 96.5 Å². The maximum absolute atomic E-state index is 13.0. The van der Waals surface area contributed by atoms with Crippen LogP contribution < -0.4 is 0 Å². The molecule has 0 saturated heterocycles. The van der Waals surface area contributed by atoms with Crippen LogP contribution in [0.15, 0.2) is 0 Å². The molecule has 0 aliphatic heterocycles. The summed E-state index contributed by atoms with van der Waals surface area (Å²) in [6.07, 6.45) is 2.81. The molecule has 0 heterocycles. The van der Waals surface area contributed by atoms with Gasteiger partial charge in [-0.05, 0) is 42.4 Å². The maximum atomic E-state index is 13.0. The fourth-order valence-corrected chi connectivity index (χ4v) is 3.31. The van der Waals surface area contributed by atoms with Gasteiger partial charge in [-0.25, -0.2) is 0 Å². The molecule has 1 fully saturated rings. The van der Waals surface area contributed by atoms with Crippen LogP contribution in [0.3, 0.4) is 0 Å². The van der Waals surface area contributed by atoms with Crippen molar-refractivity contribution in [1.29, 1.82) is 0 Å². The molecule has 0 aromatic carbocycles. The van der Waals surface area contributed by atoms with E-state index in [1.165, 1.54) is 0 Å². The zero-order chi connectivity index (χ0) is 11.6. The Morgan fingerprint density at radius 1 is 1.47 bits per heavy atom. The quantitative estimate of drug-likeness (QED) is 0.779. The smallest absolute Gasteiger partial charge is 0.321 e. The number of halogens is 1. The Balaban J connectivity index is 2.66. The Bertz CT molecular complexity index is 254. The molecule has 2 nitrogen and oxygen atoms in total. The molecule has 1 aliphatic rings. The lowest BCUT2D eigenvalue weighted by atomic mass is 9.75. The molecule has 0 spiro atoms. The van der Waals surface area contributed by atoms with E-state index in [0.29, 0.717) is 17.8 Å². The van der Waals surface area contributed by atoms with Crippen molar-refractivity contribution in [2.45, 2.75) is 46.1 Å². The zero-order valence-electron chi connectivity index (χ0n) is 9.52. The van der Waals surface area contributed by atoms with E-state index in [4.69, 9.17) is 9.42 Å². The van der Waals surface area contributed by atoms with Gasteiger partial charge in [0.15, 0.2) is 0 Å². The Morgan fingerprint density at radius 3 is 2.53 bits per heavy atom. The molecular formula is C10H20FO2PS. The molecule has 0 aromatic heterocycles. The lowest BCUT2D eigenvalue weighted by Crippen LogP contribution is -2.33. The van der Waals surface area contributed by atoms with Gasteiger partial charge < -0.3 is 9.42 Å². The molecule has 1 N–H and O–H groups in total. The summed E-state index contributed by atoms with van der Waals surface area (Å²) in [5.41, 5.74) is 0. The maximum Gasteiger partial charge on any atom is 0.363 e. The zero-order valence-corrected chi connectivity index (χ0v) is 11.2. The van der Waals surface area contributed by atoms with Crippen molar-refractivity contribution in [2.75, 3.05) is 0 Å². The van der Waals surface area contributed by atoms with Crippen molar-refractivity contribution in [2.24, 2.45) is 17.8 Å². The normalized spacial score (nSPS) is 36.5. The summed E-state index contributed by atoms with van der Waals surface area (Å²) in [6, 6.07) is 0. The molecule has 1 aliphatic carbocycles. The monoisotopic (exact) mass is 254 g/mol. The minimum Gasteiger partial charge on any atom is -0.321 e. The molecule has 90 valence electrons. The fourth-order valence-electron chi connectivity index (χ4n) is 2.40. The van der Waals surface area contributed by atoms with Gasteiger partial charge in [0.2, 0.25) is 0 Å². The van der Waals surface area contributed by atoms with Crippen molar-refractivity contribution >= 4 is 18.6 Å².